The van der Waals surface area contributed by atoms with Gasteiger partial charge in [-0.25, -0.2) is 4.79 Å². The van der Waals surface area contributed by atoms with Gasteiger partial charge in [-0.3, -0.25) is 19.6 Å². The maximum atomic E-state index is 12.2. The first kappa shape index (κ1) is 20.5. The lowest BCUT2D eigenvalue weighted by Gasteiger charge is -2.19. The van der Waals surface area contributed by atoms with E-state index < -0.39 is 11.9 Å². The van der Waals surface area contributed by atoms with E-state index >= 15 is 0 Å². The van der Waals surface area contributed by atoms with Crippen molar-refractivity contribution in [3.8, 4) is 0 Å². The Hall–Kier alpha value is -2.80. The van der Waals surface area contributed by atoms with Gasteiger partial charge in [0.05, 0.1) is 0 Å². The minimum absolute atomic E-state index is 0.00148. The second-order valence-electron chi connectivity index (χ2n) is 7.02. The predicted octanol–water partition coefficient (Wildman–Crippen LogP) is 4.09. The molecule has 0 atom stereocenters. The van der Waals surface area contributed by atoms with Gasteiger partial charge in [0.15, 0.2) is 0 Å². The van der Waals surface area contributed by atoms with Crippen LogP contribution in [0, 0.1) is 0 Å². The van der Waals surface area contributed by atoms with Crippen molar-refractivity contribution < 1.29 is 14.4 Å². The fourth-order valence-corrected chi connectivity index (χ4v) is 2.77. The number of carbonyl (C=O) groups excluding carboxylic acids is 3. The van der Waals surface area contributed by atoms with Crippen LogP contribution in [-0.4, -0.2) is 17.8 Å². The van der Waals surface area contributed by atoms with Gasteiger partial charge in [-0.15, -0.1) is 0 Å². The highest BCUT2D eigenvalue weighted by atomic mass is 32.2. The molecule has 142 valence electrons. The summed E-state index contributed by atoms with van der Waals surface area (Å²) in [7, 11) is 0. The highest BCUT2D eigenvalue weighted by Crippen LogP contribution is 2.22. The van der Waals surface area contributed by atoms with E-state index in [0.29, 0.717) is 11.3 Å². The molecule has 0 heterocycles. The Morgan fingerprint density at radius 1 is 0.889 bits per heavy atom. The largest absolute Gasteiger partial charge is 0.331 e. The van der Waals surface area contributed by atoms with Crippen LogP contribution in [-0.2, 0) is 10.2 Å². The molecule has 0 radical (unpaired) electrons. The van der Waals surface area contributed by atoms with Gasteiger partial charge in [0.2, 0.25) is 5.91 Å². The molecule has 0 bridgehead atoms. The number of hydrogen-bond acceptors (Lipinski definition) is 4. The SMILES string of the molecule is CC(=O)Nc1ccc(SNC(=O)NC(=O)c2ccc(C(C)(C)C)cc2)cc1. The fraction of sp³-hybridized carbons (Fsp3) is 0.250. The van der Waals surface area contributed by atoms with E-state index in [9.17, 15) is 14.4 Å². The third-order valence-corrected chi connectivity index (χ3v) is 4.47. The standard InChI is InChI=1S/C20H23N3O3S/c1-13(24)21-16-9-11-17(12-10-16)27-23-19(26)22-18(25)14-5-7-15(8-6-14)20(2,3)4/h5-12H,1-4H3,(H,21,24)(H2,22,23,25,26). The zero-order valence-corrected chi connectivity index (χ0v) is 16.6. The molecule has 2 aromatic rings. The van der Waals surface area contributed by atoms with E-state index in [1.165, 1.54) is 6.92 Å². The third-order valence-electron chi connectivity index (χ3n) is 3.68. The van der Waals surface area contributed by atoms with Gasteiger partial charge in [-0.1, -0.05) is 32.9 Å². The molecule has 4 amide bonds. The molecule has 0 fully saturated rings. The highest BCUT2D eigenvalue weighted by Gasteiger charge is 2.15. The zero-order valence-electron chi connectivity index (χ0n) is 15.8. The van der Waals surface area contributed by atoms with Gasteiger partial charge in [-0.2, -0.15) is 0 Å². The molecule has 7 heteroatoms. The number of urea groups is 1. The number of imide groups is 1. The fourth-order valence-electron chi connectivity index (χ4n) is 2.24. The van der Waals surface area contributed by atoms with Crippen LogP contribution in [0.25, 0.3) is 0 Å². The molecule has 0 aliphatic rings. The van der Waals surface area contributed by atoms with Gasteiger partial charge < -0.3 is 5.32 Å². The predicted molar refractivity (Wildman–Crippen MR) is 108 cm³/mol. The molecule has 2 rings (SSSR count). The van der Waals surface area contributed by atoms with Gasteiger partial charge in [0.1, 0.15) is 0 Å². The Kier molecular flexibility index (Phi) is 6.63. The van der Waals surface area contributed by atoms with Crippen LogP contribution < -0.4 is 15.4 Å². The number of rotatable bonds is 4. The van der Waals surface area contributed by atoms with Crippen molar-refractivity contribution in [2.45, 2.75) is 38.0 Å². The lowest BCUT2D eigenvalue weighted by molar-refractivity contribution is -0.114. The van der Waals surface area contributed by atoms with E-state index in [4.69, 9.17) is 0 Å². The smallest absolute Gasteiger partial charge is 0.326 e. The Labute approximate surface area is 163 Å². The Bertz CT molecular complexity index is 825. The maximum Gasteiger partial charge on any atom is 0.331 e. The number of hydrogen-bond donors (Lipinski definition) is 3. The second-order valence-corrected chi connectivity index (χ2v) is 7.90. The minimum Gasteiger partial charge on any atom is -0.326 e. The van der Waals surface area contributed by atoms with Crippen molar-refractivity contribution in [3.05, 3.63) is 59.7 Å². The molecular formula is C20H23N3O3S. The monoisotopic (exact) mass is 385 g/mol. The molecule has 0 saturated heterocycles. The first-order valence-corrected chi connectivity index (χ1v) is 9.23. The van der Waals surface area contributed by atoms with Gasteiger partial charge in [0.25, 0.3) is 5.91 Å². The summed E-state index contributed by atoms with van der Waals surface area (Å²) in [6, 6.07) is 13.5. The van der Waals surface area contributed by atoms with Crippen LogP contribution in [0.2, 0.25) is 0 Å². The molecule has 27 heavy (non-hydrogen) atoms. The molecule has 6 nitrogen and oxygen atoms in total. The van der Waals surface area contributed by atoms with Gasteiger partial charge in [-0.05, 0) is 59.3 Å². The summed E-state index contributed by atoms with van der Waals surface area (Å²) in [4.78, 5) is 35.8. The minimum atomic E-state index is -0.601. The average Bonchev–Trinajstić information content (AvgIpc) is 2.60. The molecule has 2 aromatic carbocycles. The highest BCUT2D eigenvalue weighted by molar-refractivity contribution is 7.98. The molecule has 0 saturated carbocycles. The first-order chi connectivity index (χ1) is 12.6. The normalized spacial score (nSPS) is 10.8. The van der Waals surface area contributed by atoms with E-state index in [1.54, 1.807) is 36.4 Å². The van der Waals surface area contributed by atoms with Gasteiger partial charge >= 0.3 is 6.03 Å². The molecular weight excluding hydrogens is 362 g/mol. The van der Waals surface area contributed by atoms with Crippen molar-refractivity contribution >= 4 is 35.5 Å². The first-order valence-electron chi connectivity index (χ1n) is 8.41. The average molecular weight is 385 g/mol. The zero-order chi connectivity index (χ0) is 20.0. The Morgan fingerprint density at radius 3 is 2.00 bits per heavy atom. The summed E-state index contributed by atoms with van der Waals surface area (Å²) in [5.41, 5.74) is 2.20. The van der Waals surface area contributed by atoms with Crippen molar-refractivity contribution in [3.63, 3.8) is 0 Å². The summed E-state index contributed by atoms with van der Waals surface area (Å²) < 4.78 is 2.55. The van der Waals surface area contributed by atoms with Crippen LogP contribution in [0.1, 0.15) is 43.6 Å². The lowest BCUT2D eigenvalue weighted by Crippen LogP contribution is -2.36. The van der Waals surface area contributed by atoms with Crippen LogP contribution >= 0.6 is 11.9 Å². The van der Waals surface area contributed by atoms with Crippen molar-refractivity contribution in [2.75, 3.05) is 5.32 Å². The van der Waals surface area contributed by atoms with Gasteiger partial charge in [0, 0.05) is 23.1 Å². The summed E-state index contributed by atoms with van der Waals surface area (Å²) in [5.74, 6) is -0.614. The molecule has 3 N–H and O–H groups in total. The number of carbonyl (C=O) groups is 3. The summed E-state index contributed by atoms with van der Waals surface area (Å²) in [5, 5.41) is 4.96. The van der Waals surface area contributed by atoms with E-state index in [2.05, 4.69) is 36.1 Å². The molecule has 0 aliphatic heterocycles. The lowest BCUT2D eigenvalue weighted by atomic mass is 9.87. The number of benzene rings is 2. The van der Waals surface area contributed by atoms with Crippen LogP contribution in [0.3, 0.4) is 0 Å². The molecule has 0 spiro atoms. The van der Waals surface area contributed by atoms with E-state index in [-0.39, 0.29) is 11.3 Å². The quantitative estimate of drug-likeness (QED) is 0.692. The number of amides is 4. The second kappa shape index (κ2) is 8.73. The Morgan fingerprint density at radius 2 is 1.48 bits per heavy atom. The molecule has 0 unspecified atom stereocenters. The number of anilines is 1. The summed E-state index contributed by atoms with van der Waals surface area (Å²) >= 11 is 1.07. The van der Waals surface area contributed by atoms with Crippen LogP contribution in [0.4, 0.5) is 10.5 Å². The topological polar surface area (TPSA) is 87.3 Å². The van der Waals surface area contributed by atoms with Crippen LogP contribution in [0.5, 0.6) is 0 Å². The molecule has 0 aromatic heterocycles. The summed E-state index contributed by atoms with van der Waals surface area (Å²) in [6.07, 6.45) is 0. The Balaban J connectivity index is 1.86. The molecule has 0 aliphatic carbocycles. The van der Waals surface area contributed by atoms with E-state index in [1.807, 2.05) is 12.1 Å². The maximum absolute atomic E-state index is 12.2. The van der Waals surface area contributed by atoms with Crippen LogP contribution in [0.15, 0.2) is 53.4 Å². The van der Waals surface area contributed by atoms with Crippen molar-refractivity contribution in [1.82, 2.24) is 10.0 Å². The summed E-state index contributed by atoms with van der Waals surface area (Å²) in [6.45, 7) is 7.71. The van der Waals surface area contributed by atoms with E-state index in [0.717, 1.165) is 22.4 Å². The number of nitrogens with one attached hydrogen (secondary N) is 3. The van der Waals surface area contributed by atoms with Crippen molar-refractivity contribution in [1.29, 1.82) is 0 Å². The van der Waals surface area contributed by atoms with Crippen molar-refractivity contribution in [2.24, 2.45) is 0 Å². The third kappa shape index (κ3) is 6.45.